The van der Waals surface area contributed by atoms with Crippen LogP contribution in [0.1, 0.15) is 112 Å². The number of rotatable bonds is 17. The number of carbonyl (C=O) groups is 6. The molecule has 3 aromatic carbocycles. The van der Waals surface area contributed by atoms with Gasteiger partial charge in [0.1, 0.15) is 6.04 Å². The second kappa shape index (κ2) is 20.3. The van der Waals surface area contributed by atoms with Crippen molar-refractivity contribution in [1.29, 1.82) is 5.26 Å². The summed E-state index contributed by atoms with van der Waals surface area (Å²) in [5.74, 6) is -2.06. The second-order valence-corrected chi connectivity index (χ2v) is 18.9. The molecule has 17 nitrogen and oxygen atoms in total. The zero-order valence-corrected chi connectivity index (χ0v) is 39.6. The van der Waals surface area contributed by atoms with E-state index in [-0.39, 0.29) is 35.7 Å². The Morgan fingerprint density at radius 2 is 1.55 bits per heavy atom. The molecule has 1 unspecified atom stereocenters. The molecule has 3 saturated heterocycles. The zero-order chi connectivity index (χ0) is 48.4. The Morgan fingerprint density at radius 3 is 2.26 bits per heavy atom. The number of piperidine rings is 2. The molecule has 1 aliphatic carbocycles. The number of fused-ring (bicyclic) bond motifs is 5. The predicted molar refractivity (Wildman–Crippen MR) is 256 cm³/mol. The maximum absolute atomic E-state index is 14.1. The number of aryl methyl sites for hydroxylation is 1. The summed E-state index contributed by atoms with van der Waals surface area (Å²) in [6.45, 7) is 13.9. The Labute approximate surface area is 401 Å². The Bertz CT molecular complexity index is 2720. The van der Waals surface area contributed by atoms with Gasteiger partial charge in [-0.25, -0.2) is 0 Å². The Kier molecular flexibility index (Phi) is 14.0. The number of nitrogens with one attached hydrogen (secondary N) is 3. The van der Waals surface area contributed by atoms with Crippen molar-refractivity contribution in [3.05, 3.63) is 93.2 Å². The number of nitrogens with zero attached hydrogens (tertiary/aromatic N) is 5. The summed E-state index contributed by atoms with van der Waals surface area (Å²) < 4.78 is 17.0. The lowest BCUT2D eigenvalue weighted by Crippen LogP contribution is -2.54. The van der Waals surface area contributed by atoms with E-state index in [1.807, 2.05) is 17.0 Å². The summed E-state index contributed by atoms with van der Waals surface area (Å²) >= 11 is 0. The smallest absolute Gasteiger partial charge is 0.264 e. The van der Waals surface area contributed by atoms with Gasteiger partial charge in [0, 0.05) is 97.2 Å². The van der Waals surface area contributed by atoms with Crippen LogP contribution in [0.4, 0.5) is 11.4 Å². The molecular formula is C52H60N8O9. The van der Waals surface area contributed by atoms with Gasteiger partial charge in [0.25, 0.3) is 11.8 Å². The number of nitriles is 1. The first kappa shape index (κ1) is 47.6. The van der Waals surface area contributed by atoms with Gasteiger partial charge in [0.15, 0.2) is 5.78 Å². The zero-order valence-electron chi connectivity index (χ0n) is 39.6. The van der Waals surface area contributed by atoms with E-state index in [2.05, 4.69) is 64.4 Å². The van der Waals surface area contributed by atoms with Crippen LogP contribution in [-0.4, -0.2) is 153 Å². The van der Waals surface area contributed by atoms with E-state index in [1.54, 1.807) is 24.3 Å². The Balaban J connectivity index is 0.644. The lowest BCUT2D eigenvalue weighted by atomic mass is 9.70. The standard InChI is InChI=1S/C52H60N8O9/c1-4-33-29-37-38(52(2,3)48-46(47(37)63)35-9-8-32(31-53)28-40(35)55-48)30-42(33)58-16-12-34(13-17-58)57-18-20-59(21-19-57)44(62)14-22-67-24-26-69-27-25-68-23-15-54-39-7-5-6-36-45(39)51(66)60(50(36)65)41-10-11-43(61)56-49(41)64/h5-9,28-30,34,41,54-55H,4,10-27H2,1-3H3,(H,56,61,64). The van der Waals surface area contributed by atoms with Gasteiger partial charge in [-0.2, -0.15) is 5.26 Å². The van der Waals surface area contributed by atoms with Crippen LogP contribution in [0.3, 0.4) is 0 Å². The van der Waals surface area contributed by atoms with E-state index in [0.717, 1.165) is 78.1 Å². The average molecular weight is 941 g/mol. The van der Waals surface area contributed by atoms with Crippen LogP contribution in [0, 0.1) is 11.3 Å². The molecular weight excluding hydrogens is 881 g/mol. The number of piperazine rings is 1. The van der Waals surface area contributed by atoms with Crippen LogP contribution in [0.5, 0.6) is 0 Å². The van der Waals surface area contributed by atoms with Crippen molar-refractivity contribution in [3.8, 4) is 6.07 Å². The third kappa shape index (κ3) is 9.38. The first-order valence-corrected chi connectivity index (χ1v) is 24.3. The number of hydrogen-bond acceptors (Lipinski definition) is 13. The fraction of sp³-hybridized carbons (Fsp3) is 0.481. The van der Waals surface area contributed by atoms with E-state index < -0.39 is 35.1 Å². The molecule has 17 heteroatoms. The van der Waals surface area contributed by atoms with Gasteiger partial charge in [0.2, 0.25) is 17.7 Å². The summed E-state index contributed by atoms with van der Waals surface area (Å²) in [5, 5.41) is 15.7. The molecule has 3 fully saturated rings. The average Bonchev–Trinajstić information content (AvgIpc) is 3.88. The normalized spacial score (nSPS) is 19.4. The molecule has 362 valence electrons. The number of imide groups is 2. The molecule has 5 amide bonds. The number of ketones is 1. The topological polar surface area (TPSA) is 207 Å². The lowest BCUT2D eigenvalue weighted by molar-refractivity contribution is -0.136. The van der Waals surface area contributed by atoms with Crippen molar-refractivity contribution in [1.82, 2.24) is 25.0 Å². The molecule has 5 aliphatic rings. The third-order valence-corrected chi connectivity index (χ3v) is 14.5. The van der Waals surface area contributed by atoms with Crippen LogP contribution in [0.2, 0.25) is 0 Å². The molecule has 4 aliphatic heterocycles. The van der Waals surface area contributed by atoms with Crippen molar-refractivity contribution in [3.63, 3.8) is 0 Å². The number of H-pyrrole nitrogens is 1. The Morgan fingerprint density at radius 1 is 0.826 bits per heavy atom. The number of amides is 5. The van der Waals surface area contributed by atoms with Crippen molar-refractivity contribution in [2.45, 2.75) is 76.8 Å². The highest BCUT2D eigenvalue weighted by molar-refractivity contribution is 6.25. The van der Waals surface area contributed by atoms with E-state index in [1.165, 1.54) is 11.3 Å². The molecule has 5 heterocycles. The molecule has 4 aromatic rings. The van der Waals surface area contributed by atoms with Crippen LogP contribution < -0.4 is 15.5 Å². The summed E-state index contributed by atoms with van der Waals surface area (Å²) in [5.41, 5.74) is 7.63. The molecule has 3 N–H and O–H groups in total. The van der Waals surface area contributed by atoms with Gasteiger partial charge in [-0.1, -0.05) is 32.9 Å². The van der Waals surface area contributed by atoms with E-state index in [0.29, 0.717) is 88.6 Å². The highest BCUT2D eigenvalue weighted by Gasteiger charge is 2.46. The highest BCUT2D eigenvalue weighted by Crippen LogP contribution is 2.46. The third-order valence-electron chi connectivity index (χ3n) is 14.5. The van der Waals surface area contributed by atoms with E-state index in [4.69, 9.17) is 14.2 Å². The number of ether oxygens (including phenoxy) is 3. The van der Waals surface area contributed by atoms with Gasteiger partial charge in [-0.15, -0.1) is 0 Å². The van der Waals surface area contributed by atoms with Gasteiger partial charge >= 0.3 is 0 Å². The fourth-order valence-electron chi connectivity index (χ4n) is 10.7. The number of aromatic nitrogens is 1. The number of anilines is 2. The maximum Gasteiger partial charge on any atom is 0.264 e. The molecule has 1 atom stereocenters. The number of benzene rings is 3. The van der Waals surface area contributed by atoms with Gasteiger partial charge in [-0.05, 0) is 73.2 Å². The van der Waals surface area contributed by atoms with Crippen molar-refractivity contribution >= 4 is 57.6 Å². The monoisotopic (exact) mass is 940 g/mol. The summed E-state index contributed by atoms with van der Waals surface area (Å²) in [4.78, 5) is 89.0. The minimum absolute atomic E-state index is 0.0365. The van der Waals surface area contributed by atoms with Crippen LogP contribution in [-0.2, 0) is 40.4 Å². The fourth-order valence-corrected chi connectivity index (χ4v) is 10.7. The summed E-state index contributed by atoms with van der Waals surface area (Å²) in [6.07, 6.45) is 3.35. The van der Waals surface area contributed by atoms with Crippen LogP contribution in [0.15, 0.2) is 48.5 Å². The minimum Gasteiger partial charge on any atom is -0.382 e. The first-order chi connectivity index (χ1) is 33.4. The largest absolute Gasteiger partial charge is 0.382 e. The van der Waals surface area contributed by atoms with E-state index >= 15 is 0 Å². The highest BCUT2D eigenvalue weighted by atomic mass is 16.5. The molecule has 0 radical (unpaired) electrons. The molecule has 1 aromatic heterocycles. The summed E-state index contributed by atoms with van der Waals surface area (Å²) in [6, 6.07) is 16.4. The molecule has 0 spiro atoms. The minimum atomic E-state index is -1.02. The number of hydrogen-bond donors (Lipinski definition) is 3. The Hall–Kier alpha value is -6.45. The molecule has 9 rings (SSSR count). The quantitative estimate of drug-likeness (QED) is 0.0984. The maximum atomic E-state index is 14.1. The first-order valence-electron chi connectivity index (χ1n) is 24.3. The van der Waals surface area contributed by atoms with Gasteiger partial charge in [0.05, 0.1) is 74.4 Å². The van der Waals surface area contributed by atoms with E-state index in [9.17, 15) is 34.0 Å². The van der Waals surface area contributed by atoms with Crippen molar-refractivity contribution in [2.75, 3.05) is 95.7 Å². The number of carbonyl (C=O) groups excluding carboxylic acids is 6. The van der Waals surface area contributed by atoms with Crippen LogP contribution >= 0.6 is 0 Å². The molecule has 69 heavy (non-hydrogen) atoms. The van der Waals surface area contributed by atoms with Crippen molar-refractivity contribution in [2.24, 2.45) is 0 Å². The predicted octanol–water partition coefficient (Wildman–Crippen LogP) is 4.54. The van der Waals surface area contributed by atoms with Gasteiger partial charge < -0.3 is 34.3 Å². The number of aromatic amines is 1. The van der Waals surface area contributed by atoms with Crippen LogP contribution in [0.25, 0.3) is 10.9 Å². The van der Waals surface area contributed by atoms with Gasteiger partial charge in [-0.3, -0.25) is 43.9 Å². The SMILES string of the molecule is CCc1cc2c(cc1N1CCC(N3CCN(C(=O)CCOCCOCCOCCNc4cccc5c4C(=O)N(C4CCC(=O)NC4=O)C5=O)CC3)CC1)C(C)(C)c1[nH]c3cc(C#N)ccc3c1C2=O. The molecule has 0 saturated carbocycles. The summed E-state index contributed by atoms with van der Waals surface area (Å²) in [7, 11) is 0. The molecule has 0 bridgehead atoms. The second-order valence-electron chi connectivity index (χ2n) is 18.9. The van der Waals surface area contributed by atoms with Crippen molar-refractivity contribution < 1.29 is 43.0 Å². The lowest BCUT2D eigenvalue weighted by Gasteiger charge is -2.44.